The molecule has 2 aliphatic rings. The normalized spacial score (nSPS) is 26.0. The van der Waals surface area contributed by atoms with Gasteiger partial charge in [-0.15, -0.1) is 0 Å². The van der Waals surface area contributed by atoms with Crippen LogP contribution in [0.5, 0.6) is 0 Å². The lowest BCUT2D eigenvalue weighted by Crippen LogP contribution is -2.49. The molecule has 0 radical (unpaired) electrons. The summed E-state index contributed by atoms with van der Waals surface area (Å²) in [4.78, 5) is 13.0. The van der Waals surface area contributed by atoms with Crippen LogP contribution in [0.2, 0.25) is 0 Å². The molecule has 1 saturated heterocycles. The summed E-state index contributed by atoms with van der Waals surface area (Å²) in [7, 11) is 1.71. The topological polar surface area (TPSA) is 106 Å². The van der Waals surface area contributed by atoms with E-state index in [1.54, 1.807) is 27.0 Å². The average Bonchev–Trinajstić information content (AvgIpc) is 3.27. The van der Waals surface area contributed by atoms with Gasteiger partial charge in [-0.25, -0.2) is 0 Å². The Morgan fingerprint density at radius 3 is 2.56 bits per heavy atom. The standard InChI is InChI=1S/C23H38N2O6S/c1-22(2,15-30-20-8-6-7-13-29-20)18-14-19(31-25-18)24-21(26)23(3,4)32(27)17-11-9-16(28-5)10-12-17/h14,16-17,20H,6-13,15H2,1-5H3,(H,24,26)/t16-,17-,20?,32?. The molecule has 1 aromatic rings. The smallest absolute Gasteiger partial charge is 0.282 e. The van der Waals surface area contributed by atoms with Crippen molar-refractivity contribution >= 4 is 23.0 Å². The molecule has 1 aromatic heterocycles. The lowest BCUT2D eigenvalue weighted by atomic mass is 9.90. The zero-order valence-electron chi connectivity index (χ0n) is 20.0. The van der Waals surface area contributed by atoms with Crippen LogP contribution < -0.4 is 5.32 Å². The molecule has 9 heteroatoms. The summed E-state index contributed by atoms with van der Waals surface area (Å²) in [6.07, 6.45) is 6.48. The van der Waals surface area contributed by atoms with Crippen LogP contribution in [0.15, 0.2) is 10.6 Å². The first-order valence-electron chi connectivity index (χ1n) is 11.6. The maximum absolute atomic E-state index is 13.2. The highest BCUT2D eigenvalue weighted by Crippen LogP contribution is 2.33. The zero-order chi connectivity index (χ0) is 23.4. The minimum Gasteiger partial charge on any atom is -0.615 e. The van der Waals surface area contributed by atoms with Crippen LogP contribution in [-0.4, -0.2) is 58.3 Å². The van der Waals surface area contributed by atoms with Crippen LogP contribution in [-0.2, 0) is 35.6 Å². The van der Waals surface area contributed by atoms with Crippen LogP contribution in [0.4, 0.5) is 5.88 Å². The lowest BCUT2D eigenvalue weighted by Gasteiger charge is -2.35. The summed E-state index contributed by atoms with van der Waals surface area (Å²) in [5, 5.41) is 6.90. The molecule has 1 N–H and O–H groups in total. The molecule has 32 heavy (non-hydrogen) atoms. The molecule has 2 atom stereocenters. The van der Waals surface area contributed by atoms with Gasteiger partial charge in [0, 0.05) is 25.2 Å². The molecule has 2 heterocycles. The van der Waals surface area contributed by atoms with Crippen LogP contribution in [0.1, 0.15) is 78.3 Å². The van der Waals surface area contributed by atoms with Crippen molar-refractivity contribution in [1.82, 2.24) is 5.16 Å². The van der Waals surface area contributed by atoms with Gasteiger partial charge >= 0.3 is 0 Å². The first-order valence-corrected chi connectivity index (χ1v) is 12.8. The molecule has 3 rings (SSSR count). The van der Waals surface area contributed by atoms with Crippen LogP contribution in [0.3, 0.4) is 0 Å². The predicted molar refractivity (Wildman–Crippen MR) is 123 cm³/mol. The van der Waals surface area contributed by atoms with Gasteiger partial charge in [0.15, 0.2) is 11.0 Å². The third kappa shape index (κ3) is 6.26. The number of ether oxygens (including phenoxy) is 3. The van der Waals surface area contributed by atoms with Crippen molar-refractivity contribution in [2.45, 2.75) is 100 Å². The van der Waals surface area contributed by atoms with Crippen molar-refractivity contribution in [3.63, 3.8) is 0 Å². The lowest BCUT2D eigenvalue weighted by molar-refractivity contribution is -0.170. The Hall–Kier alpha value is -1.13. The molecule has 1 saturated carbocycles. The second kappa shape index (κ2) is 10.9. The van der Waals surface area contributed by atoms with E-state index in [9.17, 15) is 9.35 Å². The second-order valence-corrected chi connectivity index (χ2v) is 12.2. The Balaban J connectivity index is 1.55. The van der Waals surface area contributed by atoms with Gasteiger partial charge in [-0.1, -0.05) is 19.0 Å². The van der Waals surface area contributed by atoms with Crippen LogP contribution in [0, 0.1) is 0 Å². The molecular formula is C23H38N2O6S. The van der Waals surface area contributed by atoms with E-state index in [-0.39, 0.29) is 29.4 Å². The third-order valence-corrected chi connectivity index (χ3v) is 8.78. The van der Waals surface area contributed by atoms with E-state index in [0.717, 1.165) is 51.6 Å². The van der Waals surface area contributed by atoms with E-state index >= 15 is 0 Å². The highest BCUT2D eigenvalue weighted by molar-refractivity contribution is 7.94. The fourth-order valence-corrected chi connectivity index (χ4v) is 5.89. The summed E-state index contributed by atoms with van der Waals surface area (Å²) in [6, 6.07) is 1.71. The molecule has 1 aliphatic heterocycles. The largest absolute Gasteiger partial charge is 0.615 e. The maximum atomic E-state index is 13.2. The first-order chi connectivity index (χ1) is 15.1. The van der Waals surface area contributed by atoms with Gasteiger partial charge in [0.05, 0.1) is 18.4 Å². The van der Waals surface area contributed by atoms with Gasteiger partial charge < -0.3 is 23.3 Å². The minimum atomic E-state index is -1.32. The average molecular weight is 471 g/mol. The van der Waals surface area contributed by atoms with Gasteiger partial charge in [-0.3, -0.25) is 10.1 Å². The van der Waals surface area contributed by atoms with Gasteiger partial charge in [0.25, 0.3) is 5.91 Å². The minimum absolute atomic E-state index is 0.00877. The number of anilines is 1. The molecule has 1 amide bonds. The fourth-order valence-electron chi connectivity index (χ4n) is 4.12. The highest BCUT2D eigenvalue weighted by atomic mass is 32.2. The molecule has 182 valence electrons. The molecule has 2 unspecified atom stereocenters. The molecular weight excluding hydrogens is 432 g/mol. The van der Waals surface area contributed by atoms with E-state index in [2.05, 4.69) is 10.5 Å². The number of nitrogens with zero attached hydrogens (tertiary/aromatic N) is 1. The molecule has 1 aliphatic carbocycles. The van der Waals surface area contributed by atoms with Crippen molar-refractivity contribution in [2.24, 2.45) is 0 Å². The van der Waals surface area contributed by atoms with Crippen molar-refractivity contribution in [3.05, 3.63) is 11.8 Å². The molecule has 0 aromatic carbocycles. The number of carbonyl (C=O) groups excluding carboxylic acids is 1. The number of nitrogens with one attached hydrogen (secondary N) is 1. The molecule has 2 fully saturated rings. The van der Waals surface area contributed by atoms with Crippen molar-refractivity contribution in [2.75, 3.05) is 25.6 Å². The summed E-state index contributed by atoms with van der Waals surface area (Å²) >= 11 is -1.32. The van der Waals surface area contributed by atoms with E-state index in [0.29, 0.717) is 12.3 Å². The quantitative estimate of drug-likeness (QED) is 0.545. The number of methoxy groups -OCH3 is 1. The number of hydrogen-bond acceptors (Lipinski definition) is 7. The second-order valence-electron chi connectivity index (χ2n) is 9.96. The van der Waals surface area contributed by atoms with Crippen molar-refractivity contribution in [3.8, 4) is 0 Å². The Kier molecular flexibility index (Phi) is 8.65. The van der Waals surface area contributed by atoms with Gasteiger partial charge in [0.2, 0.25) is 5.88 Å². The number of hydrogen-bond donors (Lipinski definition) is 1. The Labute approximate surface area is 194 Å². The van der Waals surface area contributed by atoms with Crippen LogP contribution in [0.25, 0.3) is 0 Å². The van der Waals surface area contributed by atoms with E-state index in [1.165, 1.54) is 0 Å². The number of aromatic nitrogens is 1. The first kappa shape index (κ1) is 25.5. The summed E-state index contributed by atoms with van der Waals surface area (Å²) in [5.74, 6) is -0.0859. The monoisotopic (exact) mass is 470 g/mol. The predicted octanol–water partition coefficient (Wildman–Crippen LogP) is 3.92. The fraction of sp³-hybridized carbons (Fsp3) is 0.826. The number of rotatable bonds is 9. The summed E-state index contributed by atoms with van der Waals surface area (Å²) < 4.78 is 34.5. The highest BCUT2D eigenvalue weighted by Gasteiger charge is 2.46. The van der Waals surface area contributed by atoms with E-state index in [4.69, 9.17) is 18.7 Å². The molecule has 0 bridgehead atoms. The Morgan fingerprint density at radius 2 is 1.94 bits per heavy atom. The SMILES string of the molecule is CO[C@H]1CC[C@H]([S+]([O-])C(C)(C)C(=O)Nc2cc(C(C)(C)COC3CCCCO3)no2)CC1. The molecule has 8 nitrogen and oxygen atoms in total. The van der Waals surface area contributed by atoms with Gasteiger partial charge in [-0.05, 0) is 70.0 Å². The van der Waals surface area contributed by atoms with Crippen molar-refractivity contribution < 1.29 is 28.1 Å². The number of amides is 1. The number of carbonyl (C=O) groups is 1. The maximum Gasteiger partial charge on any atom is 0.282 e. The third-order valence-electron chi connectivity index (χ3n) is 6.52. The molecule has 0 spiro atoms. The van der Waals surface area contributed by atoms with E-state index < -0.39 is 21.3 Å². The summed E-state index contributed by atoms with van der Waals surface area (Å²) in [6.45, 7) is 8.62. The van der Waals surface area contributed by atoms with E-state index in [1.807, 2.05) is 13.8 Å². The van der Waals surface area contributed by atoms with Gasteiger partial charge in [0.1, 0.15) is 5.25 Å². The zero-order valence-corrected chi connectivity index (χ0v) is 20.8. The van der Waals surface area contributed by atoms with Gasteiger partial charge in [-0.2, -0.15) is 0 Å². The van der Waals surface area contributed by atoms with Crippen molar-refractivity contribution in [1.29, 1.82) is 0 Å². The van der Waals surface area contributed by atoms with Crippen LogP contribution >= 0.6 is 0 Å². The Morgan fingerprint density at radius 1 is 1.22 bits per heavy atom. The summed E-state index contributed by atoms with van der Waals surface area (Å²) in [5.41, 5.74) is 0.270. The Bertz CT molecular complexity index is 739.